The zero-order valence-electron chi connectivity index (χ0n) is 13.3. The number of carbonyl (C=O) groups is 3. The van der Waals surface area contributed by atoms with Crippen LogP contribution in [0.4, 0.5) is 4.79 Å². The highest BCUT2D eigenvalue weighted by Crippen LogP contribution is 2.17. The van der Waals surface area contributed by atoms with E-state index < -0.39 is 24.5 Å². The summed E-state index contributed by atoms with van der Waals surface area (Å²) in [6.07, 6.45) is 0.960. The fourth-order valence-electron chi connectivity index (χ4n) is 1.51. The van der Waals surface area contributed by atoms with E-state index in [-0.39, 0.29) is 12.5 Å². The van der Waals surface area contributed by atoms with Crippen molar-refractivity contribution >= 4 is 29.7 Å². The Hall–Kier alpha value is -2.02. The van der Waals surface area contributed by atoms with Gasteiger partial charge in [-0.1, -0.05) is 25.1 Å². The maximum absolute atomic E-state index is 11.5. The van der Waals surface area contributed by atoms with Gasteiger partial charge in [0.1, 0.15) is 0 Å². The second-order valence-electron chi connectivity index (χ2n) is 4.90. The van der Waals surface area contributed by atoms with Crippen LogP contribution in [-0.4, -0.2) is 36.3 Å². The van der Waals surface area contributed by atoms with E-state index in [1.807, 2.05) is 44.2 Å². The van der Waals surface area contributed by atoms with Gasteiger partial charge >= 0.3 is 12.0 Å². The molecule has 2 N–H and O–H groups in total. The molecule has 0 aliphatic rings. The summed E-state index contributed by atoms with van der Waals surface area (Å²) in [5.74, 6) is -0.542. The highest BCUT2D eigenvalue weighted by Gasteiger charge is 2.12. The standard InChI is InChI=1S/C16H22N2O4S/c1-3-12(2)17-16(21)18-14(19)11-22-15(20)9-10-23-13-7-5-4-6-8-13/h4-8,12H,3,9-11H2,1-2H3,(H2,17,18,19,21)/t12-/m1/s1. The van der Waals surface area contributed by atoms with Crippen molar-refractivity contribution in [2.45, 2.75) is 37.6 Å². The van der Waals surface area contributed by atoms with E-state index in [0.717, 1.165) is 11.3 Å². The third-order valence-corrected chi connectivity index (χ3v) is 3.94. The van der Waals surface area contributed by atoms with Gasteiger partial charge in [-0.2, -0.15) is 0 Å². The van der Waals surface area contributed by atoms with Crippen LogP contribution < -0.4 is 10.6 Å². The Bertz CT molecular complexity index is 522. The van der Waals surface area contributed by atoms with Crippen LogP contribution in [0.5, 0.6) is 0 Å². The number of urea groups is 1. The maximum Gasteiger partial charge on any atom is 0.321 e. The van der Waals surface area contributed by atoms with Crippen LogP contribution in [-0.2, 0) is 14.3 Å². The number of rotatable bonds is 8. The number of thioether (sulfide) groups is 1. The minimum absolute atomic E-state index is 0.0274. The van der Waals surface area contributed by atoms with E-state index >= 15 is 0 Å². The quantitative estimate of drug-likeness (QED) is 0.561. The third kappa shape index (κ3) is 8.87. The molecule has 0 aromatic heterocycles. The van der Waals surface area contributed by atoms with Crippen LogP contribution in [0.1, 0.15) is 26.7 Å². The number of benzene rings is 1. The number of nitrogens with one attached hydrogen (secondary N) is 2. The molecule has 0 aliphatic heterocycles. The van der Waals surface area contributed by atoms with E-state index in [1.54, 1.807) is 0 Å². The van der Waals surface area contributed by atoms with E-state index in [9.17, 15) is 14.4 Å². The number of hydrogen-bond donors (Lipinski definition) is 2. The van der Waals surface area contributed by atoms with Gasteiger partial charge in [0, 0.05) is 16.7 Å². The fourth-order valence-corrected chi connectivity index (χ4v) is 2.37. The van der Waals surface area contributed by atoms with E-state index in [0.29, 0.717) is 5.75 Å². The van der Waals surface area contributed by atoms with E-state index in [4.69, 9.17) is 4.74 Å². The predicted molar refractivity (Wildman–Crippen MR) is 89.2 cm³/mol. The molecule has 0 saturated heterocycles. The normalized spacial score (nSPS) is 11.4. The number of hydrogen-bond acceptors (Lipinski definition) is 5. The molecule has 1 rings (SSSR count). The minimum atomic E-state index is -0.644. The van der Waals surface area contributed by atoms with Crippen LogP contribution in [0.2, 0.25) is 0 Å². The SMILES string of the molecule is CC[C@@H](C)NC(=O)NC(=O)COC(=O)CCSc1ccccc1. The Labute approximate surface area is 140 Å². The molecular weight excluding hydrogens is 316 g/mol. The minimum Gasteiger partial charge on any atom is -0.456 e. The fraction of sp³-hybridized carbons (Fsp3) is 0.438. The first-order chi connectivity index (χ1) is 11.0. The second-order valence-corrected chi connectivity index (χ2v) is 6.07. The number of esters is 1. The van der Waals surface area contributed by atoms with Gasteiger partial charge in [-0.3, -0.25) is 14.9 Å². The lowest BCUT2D eigenvalue weighted by Gasteiger charge is -2.11. The van der Waals surface area contributed by atoms with Gasteiger partial charge in [-0.15, -0.1) is 11.8 Å². The zero-order valence-corrected chi connectivity index (χ0v) is 14.2. The van der Waals surface area contributed by atoms with Crippen LogP contribution in [0.3, 0.4) is 0 Å². The number of imide groups is 1. The van der Waals surface area contributed by atoms with Gasteiger partial charge in [0.2, 0.25) is 0 Å². The number of ether oxygens (including phenoxy) is 1. The molecule has 1 aromatic rings. The summed E-state index contributed by atoms with van der Waals surface area (Å²) in [6.45, 7) is 3.29. The number of amides is 3. The molecule has 0 heterocycles. The Morgan fingerprint density at radius 1 is 1.22 bits per heavy atom. The van der Waals surface area contributed by atoms with Gasteiger partial charge in [-0.25, -0.2) is 4.79 Å². The summed E-state index contributed by atoms with van der Waals surface area (Å²) in [7, 11) is 0. The lowest BCUT2D eigenvalue weighted by atomic mass is 10.3. The van der Waals surface area contributed by atoms with Crippen LogP contribution in [0, 0.1) is 0 Å². The molecule has 3 amide bonds. The second kappa shape index (κ2) is 10.7. The van der Waals surface area contributed by atoms with Crippen molar-refractivity contribution in [1.29, 1.82) is 0 Å². The predicted octanol–water partition coefficient (Wildman–Crippen LogP) is 2.34. The van der Waals surface area contributed by atoms with Crippen molar-refractivity contribution in [3.63, 3.8) is 0 Å². The monoisotopic (exact) mass is 338 g/mol. The molecule has 0 spiro atoms. The van der Waals surface area contributed by atoms with Gasteiger partial charge in [0.25, 0.3) is 5.91 Å². The van der Waals surface area contributed by atoms with Crippen LogP contribution in [0.25, 0.3) is 0 Å². The molecule has 126 valence electrons. The Morgan fingerprint density at radius 2 is 1.91 bits per heavy atom. The molecule has 0 saturated carbocycles. The molecule has 23 heavy (non-hydrogen) atoms. The van der Waals surface area contributed by atoms with Crippen molar-refractivity contribution in [2.24, 2.45) is 0 Å². The van der Waals surface area contributed by atoms with Crippen LogP contribution >= 0.6 is 11.8 Å². The van der Waals surface area contributed by atoms with Gasteiger partial charge in [0.15, 0.2) is 6.61 Å². The molecule has 6 nitrogen and oxygen atoms in total. The van der Waals surface area contributed by atoms with E-state index in [2.05, 4.69) is 10.6 Å². The highest BCUT2D eigenvalue weighted by molar-refractivity contribution is 7.99. The Kier molecular flexibility index (Phi) is 8.82. The van der Waals surface area contributed by atoms with Gasteiger partial charge in [0.05, 0.1) is 6.42 Å². The average Bonchev–Trinajstić information content (AvgIpc) is 2.53. The van der Waals surface area contributed by atoms with Crippen molar-refractivity contribution in [2.75, 3.05) is 12.4 Å². The summed E-state index contributed by atoms with van der Waals surface area (Å²) in [4.78, 5) is 35.5. The molecule has 7 heteroatoms. The molecule has 0 bridgehead atoms. The topological polar surface area (TPSA) is 84.5 Å². The van der Waals surface area contributed by atoms with Gasteiger partial charge in [-0.05, 0) is 25.5 Å². The lowest BCUT2D eigenvalue weighted by Crippen LogP contribution is -2.44. The lowest BCUT2D eigenvalue weighted by molar-refractivity contribution is -0.147. The van der Waals surface area contributed by atoms with E-state index in [1.165, 1.54) is 11.8 Å². The van der Waals surface area contributed by atoms with Crippen molar-refractivity contribution < 1.29 is 19.1 Å². The molecule has 0 radical (unpaired) electrons. The molecular formula is C16H22N2O4S. The van der Waals surface area contributed by atoms with Crippen LogP contribution in [0.15, 0.2) is 35.2 Å². The summed E-state index contributed by atoms with van der Waals surface area (Å²) in [6, 6.07) is 9.08. The smallest absolute Gasteiger partial charge is 0.321 e. The molecule has 1 aromatic carbocycles. The third-order valence-electron chi connectivity index (χ3n) is 2.93. The Balaban J connectivity index is 2.15. The molecule has 0 fully saturated rings. The largest absolute Gasteiger partial charge is 0.456 e. The van der Waals surface area contributed by atoms with Crippen molar-refractivity contribution in [1.82, 2.24) is 10.6 Å². The Morgan fingerprint density at radius 3 is 2.57 bits per heavy atom. The molecule has 0 unspecified atom stereocenters. The first-order valence-corrected chi connectivity index (χ1v) is 8.43. The summed E-state index contributed by atoms with van der Waals surface area (Å²) in [5.41, 5.74) is 0. The highest BCUT2D eigenvalue weighted by atomic mass is 32.2. The van der Waals surface area contributed by atoms with Crippen molar-refractivity contribution in [3.05, 3.63) is 30.3 Å². The zero-order chi connectivity index (χ0) is 17.1. The summed E-state index contributed by atoms with van der Waals surface area (Å²) < 4.78 is 4.83. The average molecular weight is 338 g/mol. The summed E-state index contributed by atoms with van der Waals surface area (Å²) in [5, 5.41) is 4.70. The van der Waals surface area contributed by atoms with Gasteiger partial charge < -0.3 is 10.1 Å². The van der Waals surface area contributed by atoms with Crippen molar-refractivity contribution in [3.8, 4) is 0 Å². The molecule has 1 atom stereocenters. The molecule has 0 aliphatic carbocycles. The first kappa shape index (κ1) is 19.0. The number of carbonyl (C=O) groups excluding carboxylic acids is 3. The maximum atomic E-state index is 11.5. The first-order valence-electron chi connectivity index (χ1n) is 7.45. The summed E-state index contributed by atoms with van der Waals surface area (Å²) >= 11 is 1.54.